The fourth-order valence-electron chi connectivity index (χ4n) is 3.66. The first-order valence-electron chi connectivity index (χ1n) is 11.3. The number of esters is 1. The predicted octanol–water partition coefficient (Wildman–Crippen LogP) is 4.59. The second-order valence-corrected chi connectivity index (χ2v) is 9.47. The van der Waals surface area contributed by atoms with Gasteiger partial charge in [0.2, 0.25) is 11.8 Å². The first-order valence-corrected chi connectivity index (χ1v) is 12.2. The van der Waals surface area contributed by atoms with Gasteiger partial charge in [-0.15, -0.1) is 11.8 Å². The predicted molar refractivity (Wildman–Crippen MR) is 134 cm³/mol. The quantitative estimate of drug-likeness (QED) is 0.264. The first-order chi connectivity index (χ1) is 16.8. The summed E-state index contributed by atoms with van der Waals surface area (Å²) in [4.78, 5) is 49.4. The number of amides is 2. The van der Waals surface area contributed by atoms with E-state index in [0.29, 0.717) is 29.8 Å². The van der Waals surface area contributed by atoms with Gasteiger partial charge in [-0.1, -0.05) is 18.2 Å². The summed E-state index contributed by atoms with van der Waals surface area (Å²) in [6, 6.07) is 13.6. The molecule has 2 aromatic rings. The Hall–Kier alpha value is -3.59. The molecule has 0 saturated heterocycles. The maximum atomic E-state index is 12.7. The summed E-state index contributed by atoms with van der Waals surface area (Å²) < 4.78 is 4.95. The summed E-state index contributed by atoms with van der Waals surface area (Å²) in [6.07, 6.45) is 4.35. The molecule has 1 aliphatic carbocycles. The van der Waals surface area contributed by atoms with Gasteiger partial charge in [0.05, 0.1) is 29.3 Å². The molecule has 1 aliphatic rings. The van der Waals surface area contributed by atoms with Gasteiger partial charge in [0.25, 0.3) is 0 Å². The molecule has 2 amide bonds. The molecule has 35 heavy (non-hydrogen) atoms. The molecule has 9 heteroatoms. The highest BCUT2D eigenvalue weighted by molar-refractivity contribution is 8.00. The standard InChI is InChI=1S/C26H28N2O6S/c1-3-34-26(33)17-11-13-18(14-12-17)27-23(29)16(2)35-20-8-6-7-19(15-20)28-24(30)21-9-4-5-10-22(21)25(31)32/h4-8,11-16,21-22H,3,9-10H2,1-2H3,(H,27,29)(H,28,30)(H,31,32). The Balaban J connectivity index is 1.58. The van der Waals surface area contributed by atoms with E-state index in [4.69, 9.17) is 4.74 Å². The lowest BCUT2D eigenvalue weighted by Crippen LogP contribution is -2.34. The summed E-state index contributed by atoms with van der Waals surface area (Å²) in [5, 5.41) is 14.6. The summed E-state index contributed by atoms with van der Waals surface area (Å²) in [7, 11) is 0. The second-order valence-electron chi connectivity index (χ2n) is 8.06. The number of carbonyl (C=O) groups excluding carboxylic acids is 3. The Morgan fingerprint density at radius 1 is 1.00 bits per heavy atom. The number of hydrogen-bond donors (Lipinski definition) is 3. The lowest BCUT2D eigenvalue weighted by molar-refractivity contribution is -0.146. The maximum Gasteiger partial charge on any atom is 0.338 e. The van der Waals surface area contributed by atoms with Crippen LogP contribution in [-0.2, 0) is 19.1 Å². The molecular formula is C26H28N2O6S. The highest BCUT2D eigenvalue weighted by Gasteiger charge is 2.34. The molecule has 0 radical (unpaired) electrons. The van der Waals surface area contributed by atoms with Crippen molar-refractivity contribution in [2.45, 2.75) is 36.8 Å². The Bertz CT molecular complexity index is 1120. The molecule has 0 bridgehead atoms. The second kappa shape index (κ2) is 12.2. The van der Waals surface area contributed by atoms with E-state index >= 15 is 0 Å². The number of carboxylic acid groups (broad SMARTS) is 1. The Labute approximate surface area is 208 Å². The SMILES string of the molecule is CCOC(=O)c1ccc(NC(=O)C(C)Sc2cccc(NC(=O)C3CC=CCC3C(=O)O)c2)cc1. The lowest BCUT2D eigenvalue weighted by atomic mass is 9.82. The van der Waals surface area contributed by atoms with Crippen LogP contribution in [0.4, 0.5) is 11.4 Å². The Morgan fingerprint density at radius 3 is 2.34 bits per heavy atom. The number of benzene rings is 2. The lowest BCUT2D eigenvalue weighted by Gasteiger charge is -2.24. The molecule has 3 N–H and O–H groups in total. The van der Waals surface area contributed by atoms with Gasteiger partial charge in [-0.3, -0.25) is 14.4 Å². The number of allylic oxidation sites excluding steroid dienone is 2. The normalized spacial score (nSPS) is 17.8. The van der Waals surface area contributed by atoms with Crippen LogP contribution >= 0.6 is 11.8 Å². The van der Waals surface area contributed by atoms with Crippen LogP contribution in [0.5, 0.6) is 0 Å². The van der Waals surface area contributed by atoms with Gasteiger partial charge in [-0.25, -0.2) is 4.79 Å². The van der Waals surface area contributed by atoms with E-state index in [9.17, 15) is 24.3 Å². The fourth-order valence-corrected chi connectivity index (χ4v) is 4.59. The van der Waals surface area contributed by atoms with Crippen molar-refractivity contribution in [1.82, 2.24) is 0 Å². The number of nitrogens with one attached hydrogen (secondary N) is 2. The van der Waals surface area contributed by atoms with E-state index < -0.39 is 29.0 Å². The van der Waals surface area contributed by atoms with Crippen LogP contribution < -0.4 is 10.6 Å². The van der Waals surface area contributed by atoms with Crippen molar-refractivity contribution in [3.05, 3.63) is 66.2 Å². The van der Waals surface area contributed by atoms with Crippen molar-refractivity contribution < 1.29 is 29.0 Å². The summed E-state index contributed by atoms with van der Waals surface area (Å²) in [5.74, 6) is -3.32. The zero-order valence-corrected chi connectivity index (χ0v) is 20.3. The average Bonchev–Trinajstić information content (AvgIpc) is 2.84. The number of thioether (sulfide) groups is 1. The number of rotatable bonds is 9. The first kappa shape index (κ1) is 26.0. The molecule has 3 unspecified atom stereocenters. The molecule has 0 aromatic heterocycles. The van der Waals surface area contributed by atoms with Crippen molar-refractivity contribution in [3.8, 4) is 0 Å². The molecular weight excluding hydrogens is 468 g/mol. The average molecular weight is 497 g/mol. The van der Waals surface area contributed by atoms with Crippen LogP contribution in [0.3, 0.4) is 0 Å². The molecule has 3 rings (SSSR count). The molecule has 3 atom stereocenters. The van der Waals surface area contributed by atoms with E-state index in [1.54, 1.807) is 62.4 Å². The van der Waals surface area contributed by atoms with Crippen LogP contribution in [0.15, 0.2) is 65.6 Å². The molecule has 0 saturated carbocycles. The Morgan fingerprint density at radius 2 is 1.69 bits per heavy atom. The largest absolute Gasteiger partial charge is 0.481 e. The molecule has 8 nitrogen and oxygen atoms in total. The smallest absolute Gasteiger partial charge is 0.338 e. The molecule has 0 fully saturated rings. The zero-order chi connectivity index (χ0) is 25.4. The molecule has 2 aromatic carbocycles. The Kier molecular flexibility index (Phi) is 9.08. The summed E-state index contributed by atoms with van der Waals surface area (Å²) in [6.45, 7) is 3.79. The van der Waals surface area contributed by atoms with E-state index in [1.165, 1.54) is 11.8 Å². The minimum atomic E-state index is -0.978. The van der Waals surface area contributed by atoms with Gasteiger partial charge in [-0.05, 0) is 69.2 Å². The monoisotopic (exact) mass is 496 g/mol. The van der Waals surface area contributed by atoms with Crippen LogP contribution in [0.1, 0.15) is 37.0 Å². The molecule has 0 spiro atoms. The van der Waals surface area contributed by atoms with Gasteiger partial charge >= 0.3 is 11.9 Å². The van der Waals surface area contributed by atoms with Gasteiger partial charge in [0.15, 0.2) is 0 Å². The van der Waals surface area contributed by atoms with Crippen molar-refractivity contribution in [2.24, 2.45) is 11.8 Å². The van der Waals surface area contributed by atoms with Gasteiger partial charge in [0, 0.05) is 16.3 Å². The maximum absolute atomic E-state index is 12.7. The minimum Gasteiger partial charge on any atom is -0.481 e. The number of carbonyl (C=O) groups is 4. The molecule has 0 heterocycles. The van der Waals surface area contributed by atoms with Gasteiger partial charge in [-0.2, -0.15) is 0 Å². The summed E-state index contributed by atoms with van der Waals surface area (Å²) >= 11 is 1.33. The topological polar surface area (TPSA) is 122 Å². The molecule has 184 valence electrons. The molecule has 0 aliphatic heterocycles. The zero-order valence-electron chi connectivity index (χ0n) is 19.5. The third-order valence-electron chi connectivity index (χ3n) is 5.53. The minimum absolute atomic E-state index is 0.216. The van der Waals surface area contributed by atoms with Crippen LogP contribution in [-0.4, -0.2) is 40.7 Å². The number of anilines is 2. The fraction of sp³-hybridized carbons (Fsp3) is 0.308. The van der Waals surface area contributed by atoms with E-state index in [1.807, 2.05) is 12.1 Å². The van der Waals surface area contributed by atoms with Gasteiger partial charge < -0.3 is 20.5 Å². The number of aliphatic carboxylic acids is 1. The van der Waals surface area contributed by atoms with Crippen molar-refractivity contribution >= 4 is 46.9 Å². The third-order valence-corrected chi connectivity index (χ3v) is 6.63. The third kappa shape index (κ3) is 7.19. The summed E-state index contributed by atoms with van der Waals surface area (Å²) in [5.41, 5.74) is 1.51. The number of hydrogen-bond acceptors (Lipinski definition) is 6. The van der Waals surface area contributed by atoms with Crippen LogP contribution in [0.2, 0.25) is 0 Å². The number of ether oxygens (including phenoxy) is 1. The highest BCUT2D eigenvalue weighted by Crippen LogP contribution is 2.29. The van der Waals surface area contributed by atoms with E-state index in [-0.39, 0.29) is 18.4 Å². The van der Waals surface area contributed by atoms with E-state index in [2.05, 4.69) is 10.6 Å². The van der Waals surface area contributed by atoms with Crippen LogP contribution in [0.25, 0.3) is 0 Å². The highest BCUT2D eigenvalue weighted by atomic mass is 32.2. The number of carboxylic acids is 1. The van der Waals surface area contributed by atoms with Crippen LogP contribution in [0, 0.1) is 11.8 Å². The van der Waals surface area contributed by atoms with E-state index in [0.717, 1.165) is 4.90 Å². The van der Waals surface area contributed by atoms with Crippen molar-refractivity contribution in [1.29, 1.82) is 0 Å². The van der Waals surface area contributed by atoms with Gasteiger partial charge in [0.1, 0.15) is 0 Å². The van der Waals surface area contributed by atoms with Crippen molar-refractivity contribution in [2.75, 3.05) is 17.2 Å². The van der Waals surface area contributed by atoms with Crippen molar-refractivity contribution in [3.63, 3.8) is 0 Å².